The van der Waals surface area contributed by atoms with Crippen molar-refractivity contribution < 1.29 is 0 Å². The summed E-state index contributed by atoms with van der Waals surface area (Å²) in [6.45, 7) is 4.19. The van der Waals surface area contributed by atoms with E-state index in [-0.39, 0.29) is 11.2 Å². The van der Waals surface area contributed by atoms with Crippen molar-refractivity contribution in [3.63, 3.8) is 0 Å². The van der Waals surface area contributed by atoms with E-state index in [1.807, 2.05) is 33.2 Å². The number of tetrazole rings is 1. The van der Waals surface area contributed by atoms with Crippen molar-refractivity contribution >= 4 is 23.7 Å². The van der Waals surface area contributed by atoms with Gasteiger partial charge in [-0.25, -0.2) is 0 Å². The quantitative estimate of drug-likeness (QED) is 0.571. The third-order valence-electron chi connectivity index (χ3n) is 4.14. The van der Waals surface area contributed by atoms with Gasteiger partial charge in [-0.3, -0.25) is 0 Å². The van der Waals surface area contributed by atoms with Crippen LogP contribution in [-0.2, 0) is 6.42 Å². The lowest BCUT2D eigenvalue weighted by Crippen LogP contribution is -2.16. The summed E-state index contributed by atoms with van der Waals surface area (Å²) < 4.78 is 1.72. The molecule has 0 saturated heterocycles. The van der Waals surface area contributed by atoms with Crippen LogP contribution < -0.4 is 10.6 Å². The number of hydrogen-bond donors (Lipinski definition) is 1. The molecule has 0 radical (unpaired) electrons. The van der Waals surface area contributed by atoms with Gasteiger partial charge in [-0.1, -0.05) is 37.2 Å². The van der Waals surface area contributed by atoms with Crippen molar-refractivity contribution in [1.82, 2.24) is 35.2 Å². The summed E-state index contributed by atoms with van der Waals surface area (Å²) in [7, 11) is 3.72. The maximum Gasteiger partial charge on any atom is 0.229 e. The minimum Gasteiger partial charge on any atom is -0.368 e. The summed E-state index contributed by atoms with van der Waals surface area (Å²) in [6.07, 6.45) is 3.46. The molecule has 1 aromatic carbocycles. The Balaban J connectivity index is 1.79. The first-order valence-corrected chi connectivity index (χ1v) is 10.1. The van der Waals surface area contributed by atoms with Crippen LogP contribution in [0.5, 0.6) is 0 Å². The molecule has 0 aliphatic rings. The molecule has 3 aromatic rings. The van der Waals surface area contributed by atoms with Crippen LogP contribution in [0, 0.1) is 0 Å². The van der Waals surface area contributed by atoms with Gasteiger partial charge in [0.15, 0.2) is 0 Å². The highest BCUT2D eigenvalue weighted by Crippen LogP contribution is 2.33. The van der Waals surface area contributed by atoms with E-state index in [9.17, 15) is 0 Å². The smallest absolute Gasteiger partial charge is 0.229 e. The highest BCUT2D eigenvalue weighted by atomic mass is 32.2. The maximum absolute atomic E-state index is 5.83. The van der Waals surface area contributed by atoms with Gasteiger partial charge in [-0.2, -0.15) is 19.6 Å². The van der Waals surface area contributed by atoms with Crippen molar-refractivity contribution in [3.05, 3.63) is 35.7 Å². The van der Waals surface area contributed by atoms with Gasteiger partial charge < -0.3 is 10.6 Å². The first-order chi connectivity index (χ1) is 13.5. The van der Waals surface area contributed by atoms with Gasteiger partial charge in [0.05, 0.1) is 10.9 Å². The Hall–Kier alpha value is -2.75. The van der Waals surface area contributed by atoms with Gasteiger partial charge >= 0.3 is 0 Å². The van der Waals surface area contributed by atoms with E-state index >= 15 is 0 Å². The van der Waals surface area contributed by atoms with E-state index in [0.717, 1.165) is 12.1 Å². The minimum absolute atomic E-state index is 0.0995. The molecular formula is C18H25N9S. The van der Waals surface area contributed by atoms with Crippen molar-refractivity contribution in [2.45, 2.75) is 43.5 Å². The number of unbranched alkanes of at least 4 members (excludes halogenated alkanes) is 1. The Kier molecular flexibility index (Phi) is 6.40. The molecule has 0 bridgehead atoms. The standard InChI is InChI=1S/C18H25N9S/c1-5-6-7-13-8-10-14(11-9-13)27-18(23-24-25-27)28-12(2)15-20-16(19)22-17(21-15)26(3)4/h8-12H,5-7H2,1-4H3,(H2,19,20,21,22). The van der Waals surface area contributed by atoms with E-state index in [4.69, 9.17) is 5.73 Å². The molecule has 1 unspecified atom stereocenters. The Morgan fingerprint density at radius 1 is 1.14 bits per heavy atom. The number of rotatable bonds is 8. The Bertz CT molecular complexity index is 908. The van der Waals surface area contributed by atoms with Crippen LogP contribution in [0.25, 0.3) is 5.69 Å². The summed E-state index contributed by atoms with van der Waals surface area (Å²) in [5, 5.41) is 12.7. The molecule has 0 amide bonds. The highest BCUT2D eigenvalue weighted by Gasteiger charge is 2.19. The zero-order chi connectivity index (χ0) is 20.1. The molecule has 0 saturated carbocycles. The first kappa shape index (κ1) is 20.0. The van der Waals surface area contributed by atoms with Crippen LogP contribution >= 0.6 is 11.8 Å². The third kappa shape index (κ3) is 4.75. The Labute approximate surface area is 168 Å². The van der Waals surface area contributed by atoms with Crippen LogP contribution in [0.4, 0.5) is 11.9 Å². The molecule has 2 heterocycles. The summed E-state index contributed by atoms with van der Waals surface area (Å²) in [4.78, 5) is 14.7. The van der Waals surface area contributed by atoms with Crippen molar-refractivity contribution in [3.8, 4) is 5.69 Å². The van der Waals surface area contributed by atoms with E-state index in [1.165, 1.54) is 30.2 Å². The number of aromatic nitrogens is 7. The molecule has 0 spiro atoms. The number of benzene rings is 1. The highest BCUT2D eigenvalue weighted by molar-refractivity contribution is 7.99. The predicted molar refractivity (Wildman–Crippen MR) is 111 cm³/mol. The molecule has 28 heavy (non-hydrogen) atoms. The minimum atomic E-state index is -0.0995. The Morgan fingerprint density at radius 2 is 1.89 bits per heavy atom. The van der Waals surface area contributed by atoms with Gasteiger partial charge in [-0.15, -0.1) is 5.10 Å². The van der Waals surface area contributed by atoms with E-state index in [2.05, 4.69) is 49.5 Å². The SMILES string of the molecule is CCCCc1ccc(-n2nnnc2SC(C)c2nc(N)nc(N(C)C)n2)cc1. The molecule has 148 valence electrons. The summed E-state index contributed by atoms with van der Waals surface area (Å²) in [6, 6.07) is 8.34. The number of nitrogen functional groups attached to an aromatic ring is 1. The molecule has 2 aromatic heterocycles. The molecule has 2 N–H and O–H groups in total. The van der Waals surface area contributed by atoms with Crippen molar-refractivity contribution in [1.29, 1.82) is 0 Å². The normalized spacial score (nSPS) is 12.1. The first-order valence-electron chi connectivity index (χ1n) is 9.21. The number of aryl methyl sites for hydroxylation is 1. The van der Waals surface area contributed by atoms with E-state index < -0.39 is 0 Å². The number of thioether (sulfide) groups is 1. The number of nitrogens with two attached hydrogens (primary N) is 1. The van der Waals surface area contributed by atoms with Gasteiger partial charge in [-0.05, 0) is 47.9 Å². The van der Waals surface area contributed by atoms with Crippen LogP contribution in [0.2, 0.25) is 0 Å². The molecule has 1 atom stereocenters. The van der Waals surface area contributed by atoms with E-state index in [0.29, 0.717) is 16.9 Å². The summed E-state index contributed by atoms with van der Waals surface area (Å²) in [5.74, 6) is 1.31. The fourth-order valence-electron chi connectivity index (χ4n) is 2.59. The lowest BCUT2D eigenvalue weighted by Gasteiger charge is -2.14. The summed E-state index contributed by atoms with van der Waals surface area (Å²) >= 11 is 1.47. The molecule has 9 nitrogen and oxygen atoms in total. The van der Waals surface area contributed by atoms with Gasteiger partial charge in [0.1, 0.15) is 5.82 Å². The molecule has 0 aliphatic carbocycles. The molecule has 0 aliphatic heterocycles. The van der Waals surface area contributed by atoms with Gasteiger partial charge in [0, 0.05) is 14.1 Å². The zero-order valence-electron chi connectivity index (χ0n) is 16.6. The monoisotopic (exact) mass is 399 g/mol. The third-order valence-corrected chi connectivity index (χ3v) is 5.17. The molecular weight excluding hydrogens is 374 g/mol. The van der Waals surface area contributed by atoms with Gasteiger partial charge in [0.2, 0.25) is 17.1 Å². The molecule has 0 fully saturated rings. The second kappa shape index (κ2) is 8.96. The van der Waals surface area contributed by atoms with E-state index in [1.54, 1.807) is 9.58 Å². The Morgan fingerprint density at radius 3 is 2.57 bits per heavy atom. The van der Waals surface area contributed by atoms with Crippen LogP contribution in [0.3, 0.4) is 0 Å². The second-order valence-corrected chi connectivity index (χ2v) is 7.96. The lowest BCUT2D eigenvalue weighted by molar-refractivity contribution is 0.751. The van der Waals surface area contributed by atoms with Crippen LogP contribution in [0.15, 0.2) is 29.4 Å². The van der Waals surface area contributed by atoms with Crippen molar-refractivity contribution in [2.75, 3.05) is 24.7 Å². The van der Waals surface area contributed by atoms with Crippen molar-refractivity contribution in [2.24, 2.45) is 0 Å². The molecule has 10 heteroatoms. The van der Waals surface area contributed by atoms with Gasteiger partial charge in [0.25, 0.3) is 0 Å². The average Bonchev–Trinajstić information content (AvgIpc) is 3.14. The molecule has 3 rings (SSSR count). The average molecular weight is 400 g/mol. The topological polar surface area (TPSA) is 112 Å². The fourth-order valence-corrected chi connectivity index (χ4v) is 3.44. The largest absolute Gasteiger partial charge is 0.368 e. The van der Waals surface area contributed by atoms with Crippen LogP contribution in [-0.4, -0.2) is 49.3 Å². The predicted octanol–water partition coefficient (Wildman–Crippen LogP) is 2.69. The number of anilines is 2. The fraction of sp³-hybridized carbons (Fsp3) is 0.444. The summed E-state index contributed by atoms with van der Waals surface area (Å²) in [5.41, 5.74) is 8.07. The lowest BCUT2D eigenvalue weighted by atomic mass is 10.1. The van der Waals surface area contributed by atoms with Crippen LogP contribution in [0.1, 0.15) is 43.3 Å². The second-order valence-electron chi connectivity index (χ2n) is 6.65. The zero-order valence-corrected chi connectivity index (χ0v) is 17.4. The number of hydrogen-bond acceptors (Lipinski definition) is 9. The number of nitrogens with zero attached hydrogens (tertiary/aromatic N) is 8. The maximum atomic E-state index is 5.83.